The zero-order chi connectivity index (χ0) is 12.0. The van der Waals surface area contributed by atoms with Crippen LogP contribution in [0.3, 0.4) is 0 Å². The Morgan fingerprint density at radius 3 is 2.44 bits per heavy atom. The van der Waals surface area contributed by atoms with Gasteiger partial charge in [0.25, 0.3) is 0 Å². The zero-order valence-corrected chi connectivity index (χ0v) is 10.8. The van der Waals surface area contributed by atoms with Crippen molar-refractivity contribution in [2.75, 3.05) is 5.75 Å². The van der Waals surface area contributed by atoms with Crippen molar-refractivity contribution in [3.05, 3.63) is 35.9 Å². The van der Waals surface area contributed by atoms with E-state index in [9.17, 15) is 4.79 Å². The summed E-state index contributed by atoms with van der Waals surface area (Å²) in [7, 11) is 0. The largest absolute Gasteiger partial charge is 0.460 e. The first-order valence-corrected chi connectivity index (χ1v) is 6.29. The summed E-state index contributed by atoms with van der Waals surface area (Å²) in [5.41, 5.74) is 1.02. The molecule has 0 atom stereocenters. The van der Waals surface area contributed by atoms with Gasteiger partial charge in [0.2, 0.25) is 0 Å². The molecule has 0 aliphatic rings. The Hall–Kier alpha value is -0.960. The van der Waals surface area contributed by atoms with E-state index in [1.807, 2.05) is 30.3 Å². The third-order valence-corrected chi connectivity index (χ3v) is 3.11. The van der Waals surface area contributed by atoms with E-state index in [1.165, 1.54) is 0 Å². The summed E-state index contributed by atoms with van der Waals surface area (Å²) in [6.45, 7) is 6.62. The molecule has 1 rings (SSSR count). The van der Waals surface area contributed by atoms with Gasteiger partial charge >= 0.3 is 5.97 Å². The predicted molar refractivity (Wildman–Crippen MR) is 68.4 cm³/mol. The van der Waals surface area contributed by atoms with Crippen molar-refractivity contribution in [2.45, 2.75) is 32.1 Å². The molecule has 0 amide bonds. The van der Waals surface area contributed by atoms with E-state index in [0.29, 0.717) is 12.4 Å². The fourth-order valence-electron chi connectivity index (χ4n) is 1.06. The summed E-state index contributed by atoms with van der Waals surface area (Å²) >= 11 is 1.60. The normalized spacial score (nSPS) is 11.2. The molecule has 0 spiro atoms. The van der Waals surface area contributed by atoms with Gasteiger partial charge in [-0.1, -0.05) is 51.1 Å². The third kappa shape index (κ3) is 5.81. The number of carbonyl (C=O) groups excluding carboxylic acids is 1. The summed E-state index contributed by atoms with van der Waals surface area (Å²) in [5, 5.41) is 0. The Balaban J connectivity index is 2.26. The van der Waals surface area contributed by atoms with Gasteiger partial charge in [0.15, 0.2) is 0 Å². The molecule has 0 fully saturated rings. The lowest BCUT2D eigenvalue weighted by Crippen LogP contribution is -2.14. The fourth-order valence-corrected chi connectivity index (χ4v) is 1.69. The monoisotopic (exact) mass is 238 g/mol. The summed E-state index contributed by atoms with van der Waals surface area (Å²) in [6, 6.07) is 9.72. The van der Waals surface area contributed by atoms with E-state index in [2.05, 4.69) is 20.8 Å². The van der Waals surface area contributed by atoms with Gasteiger partial charge in [-0.25, -0.2) is 0 Å². The summed E-state index contributed by atoms with van der Waals surface area (Å²) in [5.74, 6) is 0.264. The van der Waals surface area contributed by atoms with Gasteiger partial charge in [0.1, 0.15) is 6.61 Å². The standard InChI is InChI=1S/C13H18O2S/c1-13(2,3)16-10-12(14)15-9-11-7-5-4-6-8-11/h4-8H,9-10H2,1-3H3. The number of hydrogen-bond donors (Lipinski definition) is 0. The highest BCUT2D eigenvalue weighted by Gasteiger charge is 2.13. The molecule has 0 saturated heterocycles. The molecular weight excluding hydrogens is 220 g/mol. The number of benzene rings is 1. The highest BCUT2D eigenvalue weighted by molar-refractivity contribution is 8.01. The second kappa shape index (κ2) is 5.94. The van der Waals surface area contributed by atoms with Gasteiger partial charge < -0.3 is 4.74 Å². The molecule has 0 N–H and O–H groups in total. The van der Waals surface area contributed by atoms with Crippen LogP contribution in [-0.2, 0) is 16.1 Å². The molecule has 0 aliphatic carbocycles. The molecular formula is C13H18O2S. The van der Waals surface area contributed by atoms with Crippen molar-refractivity contribution < 1.29 is 9.53 Å². The fraction of sp³-hybridized carbons (Fsp3) is 0.462. The average Bonchev–Trinajstić information content (AvgIpc) is 2.24. The Morgan fingerprint density at radius 2 is 1.88 bits per heavy atom. The van der Waals surface area contributed by atoms with E-state index in [4.69, 9.17) is 4.74 Å². The molecule has 2 nitrogen and oxygen atoms in total. The Labute approximate surface area is 101 Å². The summed E-state index contributed by atoms with van der Waals surface area (Å²) in [6.07, 6.45) is 0. The molecule has 3 heteroatoms. The van der Waals surface area contributed by atoms with Crippen LogP contribution in [0.1, 0.15) is 26.3 Å². The SMILES string of the molecule is CC(C)(C)SCC(=O)OCc1ccccc1. The highest BCUT2D eigenvalue weighted by atomic mass is 32.2. The Morgan fingerprint density at radius 1 is 1.25 bits per heavy atom. The van der Waals surface area contributed by atoms with Crippen LogP contribution in [0, 0.1) is 0 Å². The van der Waals surface area contributed by atoms with E-state index < -0.39 is 0 Å². The van der Waals surface area contributed by atoms with Gasteiger partial charge in [0, 0.05) is 4.75 Å². The molecule has 16 heavy (non-hydrogen) atoms. The molecule has 88 valence electrons. The lowest BCUT2D eigenvalue weighted by atomic mass is 10.2. The van der Waals surface area contributed by atoms with Crippen LogP contribution in [0.4, 0.5) is 0 Å². The maximum absolute atomic E-state index is 11.4. The minimum absolute atomic E-state index is 0.103. The third-order valence-electron chi connectivity index (χ3n) is 1.87. The first kappa shape index (κ1) is 13.1. The van der Waals surface area contributed by atoms with Gasteiger partial charge in [0.05, 0.1) is 5.75 Å². The van der Waals surface area contributed by atoms with Crippen LogP contribution in [0.25, 0.3) is 0 Å². The smallest absolute Gasteiger partial charge is 0.316 e. The van der Waals surface area contributed by atoms with Crippen LogP contribution in [0.2, 0.25) is 0 Å². The van der Waals surface area contributed by atoms with Crippen molar-refractivity contribution in [3.63, 3.8) is 0 Å². The van der Waals surface area contributed by atoms with Gasteiger partial charge in [-0.15, -0.1) is 11.8 Å². The van der Waals surface area contributed by atoms with Gasteiger partial charge in [-0.2, -0.15) is 0 Å². The molecule has 0 bridgehead atoms. The van der Waals surface area contributed by atoms with Crippen molar-refractivity contribution in [1.82, 2.24) is 0 Å². The Kier molecular flexibility index (Phi) is 4.87. The number of hydrogen-bond acceptors (Lipinski definition) is 3. The number of ether oxygens (including phenoxy) is 1. The molecule has 1 aromatic rings. The molecule has 1 aromatic carbocycles. The van der Waals surface area contributed by atoms with Crippen LogP contribution >= 0.6 is 11.8 Å². The van der Waals surface area contributed by atoms with Crippen LogP contribution in [-0.4, -0.2) is 16.5 Å². The number of rotatable bonds is 4. The van der Waals surface area contributed by atoms with E-state index in [-0.39, 0.29) is 10.7 Å². The molecule has 0 heterocycles. The Bertz CT molecular complexity index is 328. The number of thioether (sulfide) groups is 1. The lowest BCUT2D eigenvalue weighted by molar-refractivity contribution is -0.141. The molecule has 0 aromatic heterocycles. The topological polar surface area (TPSA) is 26.3 Å². The number of carbonyl (C=O) groups is 1. The van der Waals surface area contributed by atoms with Gasteiger partial charge in [-0.3, -0.25) is 4.79 Å². The van der Waals surface area contributed by atoms with Crippen molar-refractivity contribution in [1.29, 1.82) is 0 Å². The quantitative estimate of drug-likeness (QED) is 0.753. The summed E-state index contributed by atoms with van der Waals surface area (Å²) < 4.78 is 5.27. The molecule has 0 unspecified atom stereocenters. The number of esters is 1. The van der Waals surface area contributed by atoms with Crippen molar-refractivity contribution >= 4 is 17.7 Å². The maximum atomic E-state index is 11.4. The molecule has 0 radical (unpaired) electrons. The second-order valence-electron chi connectivity index (χ2n) is 4.55. The van der Waals surface area contributed by atoms with Crippen LogP contribution < -0.4 is 0 Å². The summed E-state index contributed by atoms with van der Waals surface area (Å²) in [4.78, 5) is 11.4. The minimum atomic E-state index is -0.149. The second-order valence-corrected chi connectivity index (χ2v) is 6.35. The van der Waals surface area contributed by atoms with Crippen LogP contribution in [0.5, 0.6) is 0 Å². The van der Waals surface area contributed by atoms with Gasteiger partial charge in [-0.05, 0) is 5.56 Å². The van der Waals surface area contributed by atoms with Crippen LogP contribution in [0.15, 0.2) is 30.3 Å². The minimum Gasteiger partial charge on any atom is -0.460 e. The molecule has 0 aliphatic heterocycles. The molecule has 0 saturated carbocycles. The maximum Gasteiger partial charge on any atom is 0.316 e. The zero-order valence-electron chi connectivity index (χ0n) is 10.0. The van der Waals surface area contributed by atoms with Crippen molar-refractivity contribution in [2.24, 2.45) is 0 Å². The first-order chi connectivity index (χ1) is 7.47. The average molecular weight is 238 g/mol. The highest BCUT2D eigenvalue weighted by Crippen LogP contribution is 2.22. The van der Waals surface area contributed by atoms with E-state index in [1.54, 1.807) is 11.8 Å². The first-order valence-electron chi connectivity index (χ1n) is 5.31. The lowest BCUT2D eigenvalue weighted by Gasteiger charge is -2.16. The van der Waals surface area contributed by atoms with E-state index >= 15 is 0 Å². The van der Waals surface area contributed by atoms with E-state index in [0.717, 1.165) is 5.56 Å². The predicted octanol–water partition coefficient (Wildman–Crippen LogP) is 3.26. The van der Waals surface area contributed by atoms with Crippen molar-refractivity contribution in [3.8, 4) is 0 Å².